The summed E-state index contributed by atoms with van der Waals surface area (Å²) in [6.07, 6.45) is 5.56. The van der Waals surface area contributed by atoms with Gasteiger partial charge in [-0.05, 0) is 19.5 Å². The Morgan fingerprint density at radius 1 is 1.33 bits per heavy atom. The number of thiophene rings is 1. The Morgan fingerprint density at radius 3 is 3.04 bits per heavy atom. The Hall–Kier alpha value is -1.55. The van der Waals surface area contributed by atoms with E-state index in [4.69, 9.17) is 11.6 Å². The van der Waals surface area contributed by atoms with Crippen LogP contribution in [-0.4, -0.2) is 23.1 Å². The van der Waals surface area contributed by atoms with E-state index in [1.54, 1.807) is 11.3 Å². The van der Waals surface area contributed by atoms with E-state index in [0.29, 0.717) is 0 Å². The van der Waals surface area contributed by atoms with Gasteiger partial charge in [-0.25, -0.2) is 0 Å². The second kappa shape index (κ2) is 6.40. The van der Waals surface area contributed by atoms with E-state index in [9.17, 15) is 0 Å². The number of aryl methyl sites for hydroxylation is 1. The van der Waals surface area contributed by atoms with Crippen LogP contribution in [-0.2, 0) is 19.5 Å². The monoisotopic (exact) mass is 356 g/mol. The highest BCUT2D eigenvalue weighted by atomic mass is 35.5. The molecule has 0 saturated carbocycles. The van der Waals surface area contributed by atoms with E-state index < -0.39 is 0 Å². The zero-order chi connectivity index (χ0) is 16.7. The highest BCUT2D eigenvalue weighted by molar-refractivity contribution is 7.18. The van der Waals surface area contributed by atoms with Gasteiger partial charge in [-0.15, -0.1) is 11.3 Å². The average Bonchev–Trinajstić information content (AvgIpc) is 3.07. The van der Waals surface area contributed by atoms with E-state index >= 15 is 0 Å². The van der Waals surface area contributed by atoms with Crippen molar-refractivity contribution in [2.45, 2.75) is 26.4 Å². The number of rotatable bonds is 3. The van der Waals surface area contributed by atoms with Crippen LogP contribution in [0.15, 0.2) is 35.7 Å². The minimum absolute atomic E-state index is 0.875. The van der Waals surface area contributed by atoms with Crippen molar-refractivity contribution < 1.29 is 0 Å². The molecule has 4 rings (SSSR count). The normalized spacial score (nSPS) is 15.5. The molecule has 3 aromatic rings. The third kappa shape index (κ3) is 2.81. The van der Waals surface area contributed by atoms with Crippen LogP contribution in [0.2, 0.25) is 5.02 Å². The van der Waals surface area contributed by atoms with Crippen molar-refractivity contribution in [2.24, 2.45) is 0 Å². The number of likely N-dealkylation sites (N-methyl/N-ethyl adjacent to an activating group) is 1. The van der Waals surface area contributed by atoms with Crippen molar-refractivity contribution in [1.82, 2.24) is 9.47 Å². The maximum absolute atomic E-state index is 6.50. The fourth-order valence-electron chi connectivity index (χ4n) is 3.59. The summed E-state index contributed by atoms with van der Waals surface area (Å²) in [5.41, 5.74) is 6.70. The third-order valence-corrected chi connectivity index (χ3v) is 6.18. The number of fused-ring (bicyclic) bond motifs is 3. The molecule has 0 saturated heterocycles. The molecule has 0 spiro atoms. The van der Waals surface area contributed by atoms with Crippen molar-refractivity contribution in [3.05, 3.63) is 63.1 Å². The fraction of sp³-hybridized carbons (Fsp3) is 0.300. The zero-order valence-corrected chi connectivity index (χ0v) is 15.6. The van der Waals surface area contributed by atoms with Crippen LogP contribution in [0.3, 0.4) is 0 Å². The van der Waals surface area contributed by atoms with Gasteiger partial charge in [-0.3, -0.25) is 0 Å². The van der Waals surface area contributed by atoms with Gasteiger partial charge in [0.25, 0.3) is 0 Å². The van der Waals surface area contributed by atoms with Crippen molar-refractivity contribution in [3.8, 4) is 0 Å². The predicted molar refractivity (Wildman–Crippen MR) is 105 cm³/mol. The van der Waals surface area contributed by atoms with Gasteiger partial charge in [0.05, 0.1) is 15.2 Å². The molecule has 0 bridgehead atoms. The first-order valence-electron chi connectivity index (χ1n) is 8.32. The number of hydrogen-bond donors (Lipinski definition) is 0. The Morgan fingerprint density at radius 2 is 2.21 bits per heavy atom. The minimum atomic E-state index is 0.875. The number of nitrogens with zero attached hydrogens (tertiary/aromatic N) is 2. The first-order chi connectivity index (χ1) is 11.6. The molecule has 0 fully saturated rings. The molecule has 2 nitrogen and oxygen atoms in total. The summed E-state index contributed by atoms with van der Waals surface area (Å²) in [5, 5.41) is 2.96. The largest absolute Gasteiger partial charge is 0.338 e. The highest BCUT2D eigenvalue weighted by Crippen LogP contribution is 2.39. The first-order valence-corrected chi connectivity index (χ1v) is 9.58. The third-order valence-electron chi connectivity index (χ3n) is 4.74. The van der Waals surface area contributed by atoms with E-state index in [0.717, 1.165) is 31.1 Å². The smallest absolute Gasteiger partial charge is 0.0787 e. The molecule has 0 atom stereocenters. The number of benzene rings is 1. The minimum Gasteiger partial charge on any atom is -0.338 e. The molecule has 2 aromatic heterocycles. The maximum Gasteiger partial charge on any atom is 0.0787 e. The number of hydrogen-bond acceptors (Lipinski definition) is 2. The average molecular weight is 357 g/mol. The Kier molecular flexibility index (Phi) is 4.25. The molecule has 1 aromatic carbocycles. The van der Waals surface area contributed by atoms with Crippen molar-refractivity contribution in [1.29, 1.82) is 0 Å². The highest BCUT2D eigenvalue weighted by Gasteiger charge is 2.24. The van der Waals surface area contributed by atoms with Gasteiger partial charge in [0.15, 0.2) is 0 Å². The lowest BCUT2D eigenvalue weighted by Gasteiger charge is -2.24. The summed E-state index contributed by atoms with van der Waals surface area (Å²) < 4.78 is 3.79. The van der Waals surface area contributed by atoms with Crippen molar-refractivity contribution in [2.75, 3.05) is 13.6 Å². The van der Waals surface area contributed by atoms with Gasteiger partial charge < -0.3 is 9.47 Å². The Balaban J connectivity index is 1.70. The quantitative estimate of drug-likeness (QED) is 0.612. The Labute approximate surface area is 152 Å². The molecule has 1 aliphatic heterocycles. The van der Waals surface area contributed by atoms with Crippen LogP contribution in [0.4, 0.5) is 0 Å². The molecular formula is C20H21ClN2S. The van der Waals surface area contributed by atoms with Gasteiger partial charge >= 0.3 is 0 Å². The second-order valence-electron chi connectivity index (χ2n) is 6.60. The van der Waals surface area contributed by atoms with Crippen molar-refractivity contribution in [3.63, 3.8) is 0 Å². The molecule has 0 radical (unpaired) electrons. The molecule has 4 heteroatoms. The number of aromatic nitrogens is 1. The van der Waals surface area contributed by atoms with E-state index in [1.165, 1.54) is 32.6 Å². The standard InChI is InChI=1S/C20H21ClN2S/c1-14-5-3-6-15(11-14)7-4-9-23-18-8-10-22(2)12-16(18)20-19(23)17(21)13-24-20/h3-7,11,13H,8-10,12H2,1-2H3/b7-4+. The van der Waals surface area contributed by atoms with Crippen LogP contribution in [0, 0.1) is 6.92 Å². The molecule has 0 unspecified atom stereocenters. The zero-order valence-electron chi connectivity index (χ0n) is 14.1. The SMILES string of the molecule is Cc1cccc(/C=C/Cn2c3c(c4scc(Cl)c42)CN(C)CC3)c1. The summed E-state index contributed by atoms with van der Waals surface area (Å²) in [6, 6.07) is 8.60. The summed E-state index contributed by atoms with van der Waals surface area (Å²) in [5.74, 6) is 0. The molecule has 0 amide bonds. The molecule has 124 valence electrons. The summed E-state index contributed by atoms with van der Waals surface area (Å²) in [7, 11) is 2.19. The lowest BCUT2D eigenvalue weighted by molar-refractivity contribution is 0.310. The molecule has 3 heterocycles. The van der Waals surface area contributed by atoms with Crippen LogP contribution in [0.25, 0.3) is 16.3 Å². The van der Waals surface area contributed by atoms with Gasteiger partial charge in [0, 0.05) is 42.7 Å². The van der Waals surface area contributed by atoms with Crippen LogP contribution < -0.4 is 0 Å². The number of halogens is 1. The molecule has 0 N–H and O–H groups in total. The fourth-order valence-corrected chi connectivity index (χ4v) is 4.96. The summed E-state index contributed by atoms with van der Waals surface area (Å²) in [4.78, 5) is 2.39. The first kappa shape index (κ1) is 15.9. The summed E-state index contributed by atoms with van der Waals surface area (Å²) in [6.45, 7) is 5.14. The molecule has 24 heavy (non-hydrogen) atoms. The molecule has 1 aliphatic rings. The maximum atomic E-state index is 6.50. The topological polar surface area (TPSA) is 8.17 Å². The molecule has 0 aliphatic carbocycles. The van der Waals surface area contributed by atoms with E-state index in [2.05, 4.69) is 65.2 Å². The van der Waals surface area contributed by atoms with Crippen LogP contribution >= 0.6 is 22.9 Å². The predicted octanol–water partition coefficient (Wildman–Crippen LogP) is 5.37. The lowest BCUT2D eigenvalue weighted by atomic mass is 10.1. The van der Waals surface area contributed by atoms with Crippen LogP contribution in [0.5, 0.6) is 0 Å². The lowest BCUT2D eigenvalue weighted by Crippen LogP contribution is -2.27. The van der Waals surface area contributed by atoms with Gasteiger partial charge in [-0.2, -0.15) is 0 Å². The van der Waals surface area contributed by atoms with Gasteiger partial charge in [0.2, 0.25) is 0 Å². The van der Waals surface area contributed by atoms with Crippen LogP contribution in [0.1, 0.15) is 22.4 Å². The van der Waals surface area contributed by atoms with Crippen molar-refractivity contribution >= 4 is 39.2 Å². The Bertz CT molecular complexity index is 919. The second-order valence-corrected chi connectivity index (χ2v) is 7.89. The van der Waals surface area contributed by atoms with E-state index in [1.807, 2.05) is 0 Å². The van der Waals surface area contributed by atoms with Gasteiger partial charge in [0.1, 0.15) is 0 Å². The molecular weight excluding hydrogens is 336 g/mol. The van der Waals surface area contributed by atoms with Gasteiger partial charge in [-0.1, -0.05) is 53.6 Å². The number of allylic oxidation sites excluding steroid dienone is 1. The van der Waals surface area contributed by atoms with E-state index in [-0.39, 0.29) is 0 Å². The summed E-state index contributed by atoms with van der Waals surface area (Å²) >= 11 is 8.28.